The number of allylic oxidation sites excluding steroid dienone is 1. The van der Waals surface area contributed by atoms with E-state index in [1.54, 1.807) is 0 Å². The number of rotatable bonds is 6. The lowest BCUT2D eigenvalue weighted by Crippen LogP contribution is -2.37. The van der Waals surface area contributed by atoms with Gasteiger partial charge >= 0.3 is 0 Å². The summed E-state index contributed by atoms with van der Waals surface area (Å²) in [7, 11) is 3.91. The fourth-order valence-electron chi connectivity index (χ4n) is 1.23. The summed E-state index contributed by atoms with van der Waals surface area (Å²) < 4.78 is 5.30. The van der Waals surface area contributed by atoms with E-state index < -0.39 is 0 Å². The maximum atomic E-state index is 5.30. The molecule has 0 radical (unpaired) electrons. The van der Waals surface area contributed by atoms with Crippen molar-refractivity contribution in [3.8, 4) is 0 Å². The molecule has 14 heavy (non-hydrogen) atoms. The fourth-order valence-corrected chi connectivity index (χ4v) is 3.15. The first-order chi connectivity index (χ1) is 6.93. The summed E-state index contributed by atoms with van der Waals surface area (Å²) in [6, 6.07) is 0. The van der Waals surface area contributed by atoms with Gasteiger partial charge in [-0.05, 0) is 6.92 Å². The van der Waals surface area contributed by atoms with E-state index in [-0.39, 0.29) is 0 Å². The molecule has 0 amide bonds. The van der Waals surface area contributed by atoms with Crippen molar-refractivity contribution in [2.24, 2.45) is 0 Å². The zero-order chi connectivity index (χ0) is 10.1. The van der Waals surface area contributed by atoms with Gasteiger partial charge < -0.3 is 4.74 Å². The van der Waals surface area contributed by atoms with Crippen LogP contribution in [0.15, 0.2) is 12.2 Å². The highest BCUT2D eigenvalue weighted by atomic mass is 33.1. The third kappa shape index (κ3) is 5.96. The van der Waals surface area contributed by atoms with Crippen LogP contribution in [-0.4, -0.2) is 49.3 Å². The molecule has 1 saturated heterocycles. The van der Waals surface area contributed by atoms with Crippen molar-refractivity contribution < 1.29 is 4.74 Å². The van der Waals surface area contributed by atoms with E-state index in [4.69, 9.17) is 4.74 Å². The van der Waals surface area contributed by atoms with Gasteiger partial charge in [0.25, 0.3) is 0 Å². The van der Waals surface area contributed by atoms with Crippen LogP contribution in [0.4, 0.5) is 0 Å². The molecule has 0 aromatic heterocycles. The molecule has 1 aliphatic rings. The summed E-state index contributed by atoms with van der Waals surface area (Å²) >= 11 is 0. The highest BCUT2D eigenvalue weighted by Gasteiger charge is 2.08. The molecule has 2 nitrogen and oxygen atoms in total. The Hall–Kier alpha value is 0.360. The summed E-state index contributed by atoms with van der Waals surface area (Å²) in [4.78, 5) is 2.48. The van der Waals surface area contributed by atoms with Gasteiger partial charge in [0.05, 0.1) is 13.2 Å². The summed E-state index contributed by atoms with van der Waals surface area (Å²) in [6.45, 7) is 7.32. The molecule has 1 fully saturated rings. The second kappa shape index (κ2) is 8.65. The smallest absolute Gasteiger partial charge is 0.0594 e. The van der Waals surface area contributed by atoms with Crippen LogP contribution in [0.25, 0.3) is 0 Å². The second-order valence-electron chi connectivity index (χ2n) is 3.13. The van der Waals surface area contributed by atoms with E-state index >= 15 is 0 Å². The molecule has 82 valence electrons. The quantitative estimate of drug-likeness (QED) is 0.396. The minimum absolute atomic E-state index is 0.913. The highest BCUT2D eigenvalue weighted by Crippen LogP contribution is 2.20. The van der Waals surface area contributed by atoms with E-state index in [9.17, 15) is 0 Å². The second-order valence-corrected chi connectivity index (χ2v) is 5.76. The lowest BCUT2D eigenvalue weighted by Gasteiger charge is -2.26. The maximum Gasteiger partial charge on any atom is 0.0594 e. The van der Waals surface area contributed by atoms with Gasteiger partial charge in [0.1, 0.15) is 0 Å². The van der Waals surface area contributed by atoms with E-state index in [1.165, 1.54) is 12.3 Å². The molecule has 0 bridgehead atoms. The first-order valence-corrected chi connectivity index (χ1v) is 7.58. The zero-order valence-electron chi connectivity index (χ0n) is 8.78. The lowest BCUT2D eigenvalue weighted by atomic mass is 10.4. The van der Waals surface area contributed by atoms with Crippen LogP contribution in [0.2, 0.25) is 0 Å². The van der Waals surface area contributed by atoms with Gasteiger partial charge in [-0.3, -0.25) is 4.90 Å². The van der Waals surface area contributed by atoms with E-state index in [2.05, 4.69) is 24.0 Å². The van der Waals surface area contributed by atoms with Crippen molar-refractivity contribution in [2.75, 3.05) is 44.4 Å². The van der Waals surface area contributed by atoms with E-state index in [0.717, 1.165) is 32.1 Å². The molecule has 0 spiro atoms. The number of hydrogen-bond acceptors (Lipinski definition) is 4. The van der Waals surface area contributed by atoms with E-state index in [0.29, 0.717) is 0 Å². The van der Waals surface area contributed by atoms with Crippen LogP contribution in [0.1, 0.15) is 6.92 Å². The van der Waals surface area contributed by atoms with Gasteiger partial charge in [0.2, 0.25) is 0 Å². The molecule has 1 rings (SSSR count). The van der Waals surface area contributed by atoms with E-state index in [1.807, 2.05) is 21.6 Å². The molecule has 0 N–H and O–H groups in total. The summed E-state index contributed by atoms with van der Waals surface area (Å²) in [5, 5.41) is 0. The first kappa shape index (κ1) is 12.4. The summed E-state index contributed by atoms with van der Waals surface area (Å²) in [5.41, 5.74) is 0. The molecule has 0 aromatic rings. The number of hydrogen-bond donors (Lipinski definition) is 0. The Bertz CT molecular complexity index is 158. The molecule has 0 unspecified atom stereocenters. The van der Waals surface area contributed by atoms with Gasteiger partial charge in [0.15, 0.2) is 0 Å². The molecule has 0 atom stereocenters. The van der Waals surface area contributed by atoms with Crippen molar-refractivity contribution in [2.45, 2.75) is 6.92 Å². The standard InChI is InChI=1S/C10H19NOS2/c1-2-3-9-13-14-10-6-11-4-7-12-8-5-11/h2-3H,4-10H2,1H3/b3-2-. The third-order valence-corrected chi connectivity index (χ3v) is 4.33. The Kier molecular flexibility index (Phi) is 7.68. The van der Waals surface area contributed by atoms with Crippen molar-refractivity contribution in [3.63, 3.8) is 0 Å². The fraction of sp³-hybridized carbons (Fsp3) is 0.800. The van der Waals surface area contributed by atoms with Crippen molar-refractivity contribution in [1.82, 2.24) is 4.90 Å². The SMILES string of the molecule is C/C=C\CSSCCN1CCOCC1. The average molecular weight is 233 g/mol. The van der Waals surface area contributed by atoms with Crippen molar-refractivity contribution in [1.29, 1.82) is 0 Å². The monoisotopic (exact) mass is 233 g/mol. The lowest BCUT2D eigenvalue weighted by molar-refractivity contribution is 0.0410. The molecule has 0 aliphatic carbocycles. The summed E-state index contributed by atoms with van der Waals surface area (Å²) in [5.74, 6) is 2.35. The Morgan fingerprint density at radius 3 is 2.79 bits per heavy atom. The van der Waals surface area contributed by atoms with Crippen LogP contribution in [0.5, 0.6) is 0 Å². The Labute approximate surface area is 94.8 Å². The van der Waals surface area contributed by atoms with Crippen molar-refractivity contribution in [3.05, 3.63) is 12.2 Å². The van der Waals surface area contributed by atoms with Crippen LogP contribution >= 0.6 is 21.6 Å². The predicted octanol–water partition coefficient (Wildman–Crippen LogP) is 2.28. The van der Waals surface area contributed by atoms with Crippen LogP contribution in [-0.2, 0) is 4.74 Å². The minimum atomic E-state index is 0.913. The van der Waals surface area contributed by atoms with Gasteiger partial charge in [0, 0.05) is 31.1 Å². The topological polar surface area (TPSA) is 12.5 Å². The summed E-state index contributed by atoms with van der Waals surface area (Å²) in [6.07, 6.45) is 4.31. The predicted molar refractivity (Wildman–Crippen MR) is 67.0 cm³/mol. The Morgan fingerprint density at radius 1 is 1.29 bits per heavy atom. The van der Waals surface area contributed by atoms with Crippen molar-refractivity contribution >= 4 is 21.6 Å². The van der Waals surface area contributed by atoms with Gasteiger partial charge in [-0.25, -0.2) is 0 Å². The van der Waals surface area contributed by atoms with Crippen LogP contribution < -0.4 is 0 Å². The van der Waals surface area contributed by atoms with Gasteiger partial charge in [-0.2, -0.15) is 0 Å². The first-order valence-electron chi connectivity index (χ1n) is 5.09. The molecule has 1 heterocycles. The number of ether oxygens (including phenoxy) is 1. The van der Waals surface area contributed by atoms with Gasteiger partial charge in [-0.15, -0.1) is 0 Å². The molecule has 0 saturated carbocycles. The average Bonchev–Trinajstić information content (AvgIpc) is 2.25. The van der Waals surface area contributed by atoms with Crippen LogP contribution in [0, 0.1) is 0 Å². The molecular weight excluding hydrogens is 214 g/mol. The molecule has 4 heteroatoms. The van der Waals surface area contributed by atoms with Gasteiger partial charge in [-0.1, -0.05) is 33.7 Å². The minimum Gasteiger partial charge on any atom is -0.379 e. The zero-order valence-corrected chi connectivity index (χ0v) is 10.4. The molecule has 0 aromatic carbocycles. The Balaban J connectivity index is 1.87. The third-order valence-electron chi connectivity index (χ3n) is 2.08. The normalized spacial score (nSPS) is 19.2. The number of nitrogens with zero attached hydrogens (tertiary/aromatic N) is 1. The van der Waals surface area contributed by atoms with Crippen LogP contribution in [0.3, 0.4) is 0 Å². The number of morpholine rings is 1. The molecule has 1 aliphatic heterocycles. The maximum absolute atomic E-state index is 5.30. The highest BCUT2D eigenvalue weighted by molar-refractivity contribution is 8.76. The Morgan fingerprint density at radius 2 is 2.07 bits per heavy atom. The largest absolute Gasteiger partial charge is 0.379 e. The molecular formula is C10H19NOS2.